The minimum absolute atomic E-state index is 0.340. The van der Waals surface area contributed by atoms with E-state index in [4.69, 9.17) is 17.2 Å². The van der Waals surface area contributed by atoms with E-state index < -0.39 is 0 Å². The van der Waals surface area contributed by atoms with E-state index in [1.807, 2.05) is 18.2 Å². The first kappa shape index (κ1) is 10.9. The Labute approximate surface area is 99.0 Å². The first-order chi connectivity index (χ1) is 8.22. The van der Waals surface area contributed by atoms with Crippen molar-refractivity contribution < 1.29 is 0 Å². The number of aromatic nitrogens is 2. The number of anilines is 2. The van der Waals surface area contributed by atoms with Gasteiger partial charge in [0.1, 0.15) is 11.6 Å². The maximum Gasteiger partial charge on any atom is 0.133 e. The Bertz CT molecular complexity index is 548. The highest BCUT2D eigenvalue weighted by atomic mass is 14.9. The fourth-order valence-electron chi connectivity index (χ4n) is 1.55. The predicted molar refractivity (Wildman–Crippen MR) is 68.6 cm³/mol. The molecule has 0 saturated heterocycles. The second-order valence-corrected chi connectivity index (χ2v) is 3.46. The molecule has 2 heterocycles. The molecular weight excluding hydrogens is 214 g/mol. The van der Waals surface area contributed by atoms with Gasteiger partial charge in [-0.05, 0) is 24.3 Å². The Morgan fingerprint density at radius 2 is 1.94 bits per heavy atom. The molecule has 0 bridgehead atoms. The molecule has 17 heavy (non-hydrogen) atoms. The van der Waals surface area contributed by atoms with Crippen LogP contribution in [0.5, 0.6) is 0 Å². The SMILES string of the molecule is NC=C(c1ccccn1)c1ccc(N)nc1N. The quantitative estimate of drug-likeness (QED) is 0.709. The van der Waals surface area contributed by atoms with Gasteiger partial charge in [-0.25, -0.2) is 4.98 Å². The molecule has 2 aromatic rings. The molecule has 0 radical (unpaired) electrons. The van der Waals surface area contributed by atoms with Gasteiger partial charge in [0.25, 0.3) is 0 Å². The van der Waals surface area contributed by atoms with Crippen molar-refractivity contribution in [2.24, 2.45) is 5.73 Å². The zero-order valence-electron chi connectivity index (χ0n) is 9.17. The first-order valence-electron chi connectivity index (χ1n) is 5.08. The van der Waals surface area contributed by atoms with Crippen molar-refractivity contribution in [2.45, 2.75) is 0 Å². The standard InChI is InChI=1S/C12H13N5/c13-7-9(10-3-1-2-6-16-10)8-4-5-11(14)17-12(8)15/h1-7H,13H2,(H4,14,15,17). The molecule has 0 aliphatic heterocycles. The summed E-state index contributed by atoms with van der Waals surface area (Å²) in [6.45, 7) is 0. The van der Waals surface area contributed by atoms with E-state index in [0.717, 1.165) is 16.8 Å². The lowest BCUT2D eigenvalue weighted by Crippen LogP contribution is -2.03. The first-order valence-corrected chi connectivity index (χ1v) is 5.08. The summed E-state index contributed by atoms with van der Waals surface area (Å²) >= 11 is 0. The Kier molecular flexibility index (Phi) is 2.91. The lowest BCUT2D eigenvalue weighted by molar-refractivity contribution is 1.25. The number of nitrogen functional groups attached to an aromatic ring is 2. The van der Waals surface area contributed by atoms with Crippen LogP contribution >= 0.6 is 0 Å². The Hall–Kier alpha value is -2.56. The highest BCUT2D eigenvalue weighted by Crippen LogP contribution is 2.25. The maximum atomic E-state index is 5.82. The average molecular weight is 227 g/mol. The second kappa shape index (κ2) is 4.52. The smallest absolute Gasteiger partial charge is 0.133 e. The van der Waals surface area contributed by atoms with Gasteiger partial charge in [-0.1, -0.05) is 6.07 Å². The van der Waals surface area contributed by atoms with E-state index in [-0.39, 0.29) is 0 Å². The summed E-state index contributed by atoms with van der Waals surface area (Å²) in [7, 11) is 0. The van der Waals surface area contributed by atoms with E-state index in [2.05, 4.69) is 9.97 Å². The fourth-order valence-corrected chi connectivity index (χ4v) is 1.55. The molecule has 2 rings (SSSR count). The van der Waals surface area contributed by atoms with Gasteiger partial charge in [-0.15, -0.1) is 0 Å². The van der Waals surface area contributed by atoms with Crippen LogP contribution in [-0.4, -0.2) is 9.97 Å². The highest BCUT2D eigenvalue weighted by molar-refractivity contribution is 5.82. The monoisotopic (exact) mass is 227 g/mol. The van der Waals surface area contributed by atoms with Crippen LogP contribution in [0.25, 0.3) is 5.57 Å². The van der Waals surface area contributed by atoms with E-state index in [1.165, 1.54) is 6.20 Å². The van der Waals surface area contributed by atoms with Crippen molar-refractivity contribution in [2.75, 3.05) is 11.5 Å². The summed E-state index contributed by atoms with van der Waals surface area (Å²) in [5.74, 6) is 0.719. The van der Waals surface area contributed by atoms with Gasteiger partial charge >= 0.3 is 0 Å². The average Bonchev–Trinajstić information content (AvgIpc) is 2.34. The van der Waals surface area contributed by atoms with Gasteiger partial charge in [-0.3, -0.25) is 4.98 Å². The van der Waals surface area contributed by atoms with Crippen LogP contribution in [0.2, 0.25) is 0 Å². The van der Waals surface area contributed by atoms with Gasteiger partial charge in [0.15, 0.2) is 0 Å². The third-order valence-corrected chi connectivity index (χ3v) is 2.34. The molecule has 6 N–H and O–H groups in total. The number of rotatable bonds is 2. The fraction of sp³-hybridized carbons (Fsp3) is 0. The van der Waals surface area contributed by atoms with Gasteiger partial charge in [0.05, 0.1) is 5.69 Å². The summed E-state index contributed by atoms with van der Waals surface area (Å²) in [5.41, 5.74) is 19.2. The van der Waals surface area contributed by atoms with Crippen LogP contribution in [0, 0.1) is 0 Å². The maximum absolute atomic E-state index is 5.82. The van der Waals surface area contributed by atoms with Crippen molar-refractivity contribution in [3.05, 3.63) is 54.0 Å². The molecule has 0 unspecified atom stereocenters. The molecule has 0 aromatic carbocycles. The molecule has 0 saturated carbocycles. The van der Waals surface area contributed by atoms with Crippen LogP contribution < -0.4 is 17.2 Å². The molecule has 0 fully saturated rings. The minimum atomic E-state index is 0.340. The molecule has 0 aliphatic rings. The third-order valence-electron chi connectivity index (χ3n) is 2.34. The molecule has 0 aliphatic carbocycles. The zero-order chi connectivity index (χ0) is 12.3. The van der Waals surface area contributed by atoms with Crippen molar-refractivity contribution in [1.82, 2.24) is 9.97 Å². The van der Waals surface area contributed by atoms with Crippen LogP contribution in [-0.2, 0) is 0 Å². The lowest BCUT2D eigenvalue weighted by Gasteiger charge is -2.09. The van der Waals surface area contributed by atoms with Crippen LogP contribution in [0.15, 0.2) is 42.7 Å². The largest absolute Gasteiger partial charge is 0.404 e. The minimum Gasteiger partial charge on any atom is -0.404 e. The lowest BCUT2D eigenvalue weighted by atomic mass is 10.0. The number of hydrogen-bond donors (Lipinski definition) is 3. The van der Waals surface area contributed by atoms with Gasteiger partial charge < -0.3 is 17.2 Å². The Balaban J connectivity index is 2.51. The Morgan fingerprint density at radius 3 is 2.53 bits per heavy atom. The zero-order valence-corrected chi connectivity index (χ0v) is 9.17. The second-order valence-electron chi connectivity index (χ2n) is 3.46. The number of hydrogen-bond acceptors (Lipinski definition) is 5. The van der Waals surface area contributed by atoms with Gasteiger partial charge in [0.2, 0.25) is 0 Å². The van der Waals surface area contributed by atoms with Gasteiger partial charge in [-0.2, -0.15) is 0 Å². The summed E-state index contributed by atoms with van der Waals surface area (Å²) in [6.07, 6.45) is 3.16. The van der Waals surface area contributed by atoms with Crippen LogP contribution in [0.3, 0.4) is 0 Å². The number of pyridine rings is 2. The van der Waals surface area contributed by atoms with Crippen molar-refractivity contribution in [3.8, 4) is 0 Å². The molecule has 2 aromatic heterocycles. The normalized spacial score (nSPS) is 11.4. The topological polar surface area (TPSA) is 104 Å². The Morgan fingerprint density at radius 1 is 1.12 bits per heavy atom. The molecule has 86 valence electrons. The van der Waals surface area contributed by atoms with Gasteiger partial charge in [0, 0.05) is 23.5 Å². The van der Waals surface area contributed by atoms with Crippen molar-refractivity contribution in [3.63, 3.8) is 0 Å². The molecule has 0 atom stereocenters. The molecule has 5 nitrogen and oxygen atoms in total. The third kappa shape index (κ3) is 2.17. The summed E-state index contributed by atoms with van der Waals surface area (Å²) < 4.78 is 0. The molecule has 0 amide bonds. The summed E-state index contributed by atoms with van der Waals surface area (Å²) in [6, 6.07) is 9.03. The molecule has 5 heteroatoms. The van der Waals surface area contributed by atoms with Crippen molar-refractivity contribution in [1.29, 1.82) is 0 Å². The van der Waals surface area contributed by atoms with E-state index >= 15 is 0 Å². The summed E-state index contributed by atoms with van der Waals surface area (Å²) in [5, 5.41) is 0. The van der Waals surface area contributed by atoms with E-state index in [0.29, 0.717) is 11.6 Å². The van der Waals surface area contributed by atoms with Crippen molar-refractivity contribution >= 4 is 17.2 Å². The van der Waals surface area contributed by atoms with E-state index in [9.17, 15) is 0 Å². The molecule has 0 spiro atoms. The summed E-state index contributed by atoms with van der Waals surface area (Å²) in [4.78, 5) is 8.23. The van der Waals surface area contributed by atoms with Crippen LogP contribution in [0.1, 0.15) is 11.3 Å². The molecular formula is C12H13N5. The number of nitrogens with zero attached hydrogens (tertiary/aromatic N) is 2. The highest BCUT2D eigenvalue weighted by Gasteiger charge is 2.10. The van der Waals surface area contributed by atoms with Crippen LogP contribution in [0.4, 0.5) is 11.6 Å². The predicted octanol–water partition coefficient (Wildman–Crippen LogP) is 0.989. The van der Waals surface area contributed by atoms with E-state index in [1.54, 1.807) is 18.3 Å². The number of nitrogens with two attached hydrogens (primary N) is 3.